The van der Waals surface area contributed by atoms with Crippen LogP contribution >= 0.6 is 11.6 Å². The normalized spacial score (nSPS) is 16.9. The number of benzene rings is 3. The van der Waals surface area contributed by atoms with Crippen LogP contribution in [-0.2, 0) is 4.79 Å². The molecule has 0 fully saturated rings. The van der Waals surface area contributed by atoms with Gasteiger partial charge in [0.15, 0.2) is 5.76 Å². The molecule has 0 radical (unpaired) electrons. The van der Waals surface area contributed by atoms with E-state index < -0.39 is 11.9 Å². The molecule has 4 rings (SSSR count). The first-order chi connectivity index (χ1) is 13.1. The van der Waals surface area contributed by atoms with Crippen LogP contribution in [0.3, 0.4) is 0 Å². The first kappa shape index (κ1) is 17.3. The molecule has 1 N–H and O–H groups in total. The average Bonchev–Trinajstić information content (AvgIpc) is 2.95. The smallest absolute Gasteiger partial charge is 0.294 e. The third kappa shape index (κ3) is 3.09. The van der Waals surface area contributed by atoms with Crippen molar-refractivity contribution in [3.8, 4) is 0 Å². The van der Waals surface area contributed by atoms with E-state index in [0.29, 0.717) is 21.8 Å². The highest BCUT2D eigenvalue weighted by molar-refractivity contribution is 6.30. The Bertz CT molecular complexity index is 1010. The van der Waals surface area contributed by atoms with Crippen LogP contribution in [0.2, 0.25) is 5.02 Å². The van der Waals surface area contributed by atoms with Gasteiger partial charge in [0.1, 0.15) is 5.82 Å². The highest BCUT2D eigenvalue weighted by Gasteiger charge is 2.41. The van der Waals surface area contributed by atoms with Gasteiger partial charge in [-0.3, -0.25) is 9.69 Å². The van der Waals surface area contributed by atoms with Crippen molar-refractivity contribution >= 4 is 28.8 Å². The third-order valence-electron chi connectivity index (χ3n) is 4.58. The van der Waals surface area contributed by atoms with E-state index in [1.165, 1.54) is 17.0 Å². The van der Waals surface area contributed by atoms with Gasteiger partial charge in [0.2, 0.25) is 0 Å². The lowest BCUT2D eigenvalue weighted by Gasteiger charge is -2.27. The van der Waals surface area contributed by atoms with Crippen LogP contribution in [0, 0.1) is 5.82 Å². The zero-order valence-electron chi connectivity index (χ0n) is 14.1. The summed E-state index contributed by atoms with van der Waals surface area (Å²) in [6.45, 7) is 0. The molecule has 1 heterocycles. The molecule has 0 saturated carbocycles. The van der Waals surface area contributed by atoms with Crippen LogP contribution in [0.1, 0.15) is 17.2 Å². The molecule has 1 aliphatic rings. The Morgan fingerprint density at radius 1 is 0.889 bits per heavy atom. The molecule has 0 saturated heterocycles. The molecule has 1 unspecified atom stereocenters. The van der Waals surface area contributed by atoms with Crippen molar-refractivity contribution in [3.63, 3.8) is 0 Å². The lowest BCUT2D eigenvalue weighted by molar-refractivity contribution is -0.117. The molecule has 1 amide bonds. The summed E-state index contributed by atoms with van der Waals surface area (Å²) >= 11 is 5.97. The number of carbonyl (C=O) groups excluding carboxylic acids is 1. The van der Waals surface area contributed by atoms with Crippen LogP contribution in [0.5, 0.6) is 0 Å². The van der Waals surface area contributed by atoms with Gasteiger partial charge in [0.05, 0.1) is 6.04 Å². The van der Waals surface area contributed by atoms with E-state index in [1.807, 2.05) is 30.3 Å². The maximum Gasteiger partial charge on any atom is 0.294 e. The van der Waals surface area contributed by atoms with Gasteiger partial charge in [0.25, 0.3) is 5.91 Å². The Labute approximate surface area is 160 Å². The summed E-state index contributed by atoms with van der Waals surface area (Å²) in [6, 6.07) is 21.4. The van der Waals surface area contributed by atoms with E-state index in [1.54, 1.807) is 36.4 Å². The van der Waals surface area contributed by atoms with Crippen molar-refractivity contribution in [1.82, 2.24) is 0 Å². The molecule has 1 aliphatic heterocycles. The molecule has 3 nitrogen and oxygen atoms in total. The first-order valence-corrected chi connectivity index (χ1v) is 8.77. The molecule has 0 aromatic heterocycles. The fourth-order valence-electron chi connectivity index (χ4n) is 3.35. The minimum atomic E-state index is -0.582. The Hall–Kier alpha value is -3.11. The minimum absolute atomic E-state index is 0.314. The molecule has 3 aromatic carbocycles. The van der Waals surface area contributed by atoms with Gasteiger partial charge in [-0.2, -0.15) is 0 Å². The summed E-state index contributed by atoms with van der Waals surface area (Å²) in [5.74, 6) is -1.19. The number of hydrogen-bond acceptors (Lipinski definition) is 2. The Balaban J connectivity index is 1.90. The molecule has 0 spiro atoms. The Morgan fingerprint density at radius 3 is 2.15 bits per heavy atom. The van der Waals surface area contributed by atoms with Crippen molar-refractivity contribution in [2.24, 2.45) is 0 Å². The SMILES string of the molecule is O=C1C(O)=C(c2ccccc2)C(c2ccc(F)cc2)N1c1ccc(Cl)cc1. The second-order valence-electron chi connectivity index (χ2n) is 6.23. The third-order valence-corrected chi connectivity index (χ3v) is 4.84. The zero-order chi connectivity index (χ0) is 19.0. The van der Waals surface area contributed by atoms with Crippen molar-refractivity contribution in [2.75, 3.05) is 4.90 Å². The fourth-order valence-corrected chi connectivity index (χ4v) is 3.47. The number of amides is 1. The van der Waals surface area contributed by atoms with Crippen molar-refractivity contribution < 1.29 is 14.3 Å². The number of halogens is 2. The number of hydrogen-bond donors (Lipinski definition) is 1. The van der Waals surface area contributed by atoms with Crippen LogP contribution in [0.4, 0.5) is 10.1 Å². The van der Waals surface area contributed by atoms with Gasteiger partial charge < -0.3 is 5.11 Å². The molecular formula is C22H15ClFNO2. The van der Waals surface area contributed by atoms with E-state index in [0.717, 1.165) is 5.56 Å². The second kappa shape index (κ2) is 6.89. The first-order valence-electron chi connectivity index (χ1n) is 8.39. The average molecular weight is 380 g/mol. The summed E-state index contributed by atoms with van der Waals surface area (Å²) in [4.78, 5) is 14.4. The molecular weight excluding hydrogens is 365 g/mol. The summed E-state index contributed by atoms with van der Waals surface area (Å²) in [7, 11) is 0. The maximum atomic E-state index is 13.5. The molecule has 0 bridgehead atoms. The number of aliphatic hydroxyl groups is 1. The summed E-state index contributed by atoms with van der Waals surface area (Å²) in [5, 5.41) is 11.2. The molecule has 27 heavy (non-hydrogen) atoms. The molecule has 5 heteroatoms. The van der Waals surface area contributed by atoms with Gasteiger partial charge in [-0.05, 0) is 47.5 Å². The van der Waals surface area contributed by atoms with E-state index in [-0.39, 0.29) is 11.6 Å². The van der Waals surface area contributed by atoms with Crippen molar-refractivity contribution in [2.45, 2.75) is 6.04 Å². The fraction of sp³-hybridized carbons (Fsp3) is 0.0455. The molecule has 0 aliphatic carbocycles. The van der Waals surface area contributed by atoms with Gasteiger partial charge in [-0.25, -0.2) is 4.39 Å². The number of aliphatic hydroxyl groups excluding tert-OH is 1. The predicted octanol–water partition coefficient (Wildman–Crippen LogP) is 5.54. The van der Waals surface area contributed by atoms with E-state index in [2.05, 4.69) is 0 Å². The topological polar surface area (TPSA) is 40.5 Å². The molecule has 3 aromatic rings. The van der Waals surface area contributed by atoms with Crippen molar-refractivity contribution in [3.05, 3.63) is 107 Å². The highest BCUT2D eigenvalue weighted by Crippen LogP contribution is 2.45. The lowest BCUT2D eigenvalue weighted by Crippen LogP contribution is -2.30. The van der Waals surface area contributed by atoms with Gasteiger partial charge in [-0.15, -0.1) is 0 Å². The van der Waals surface area contributed by atoms with Crippen LogP contribution < -0.4 is 4.90 Å². The quantitative estimate of drug-likeness (QED) is 0.649. The van der Waals surface area contributed by atoms with E-state index >= 15 is 0 Å². The van der Waals surface area contributed by atoms with Gasteiger partial charge >= 0.3 is 0 Å². The standard InChI is InChI=1S/C22H15ClFNO2/c23-16-8-12-18(13-9-16)25-20(15-6-10-17(24)11-7-15)19(21(26)22(25)27)14-4-2-1-3-5-14/h1-13,20,26H. The number of anilines is 1. The van der Waals surface area contributed by atoms with E-state index in [4.69, 9.17) is 11.6 Å². The number of nitrogens with zero attached hydrogens (tertiary/aromatic N) is 1. The van der Waals surface area contributed by atoms with Gasteiger partial charge in [-0.1, -0.05) is 54.1 Å². The highest BCUT2D eigenvalue weighted by atomic mass is 35.5. The molecule has 134 valence electrons. The largest absolute Gasteiger partial charge is 0.503 e. The van der Waals surface area contributed by atoms with Crippen LogP contribution in [0.15, 0.2) is 84.6 Å². The summed E-state index contributed by atoms with van der Waals surface area (Å²) in [5.41, 5.74) is 2.51. The second-order valence-corrected chi connectivity index (χ2v) is 6.67. The number of carbonyl (C=O) groups is 1. The summed E-state index contributed by atoms with van der Waals surface area (Å²) < 4.78 is 13.5. The maximum absolute atomic E-state index is 13.5. The molecule has 1 atom stereocenters. The lowest BCUT2D eigenvalue weighted by atomic mass is 9.93. The minimum Gasteiger partial charge on any atom is -0.503 e. The van der Waals surface area contributed by atoms with Crippen molar-refractivity contribution in [1.29, 1.82) is 0 Å². The number of rotatable bonds is 3. The van der Waals surface area contributed by atoms with Crippen LogP contribution in [-0.4, -0.2) is 11.0 Å². The van der Waals surface area contributed by atoms with E-state index in [9.17, 15) is 14.3 Å². The van der Waals surface area contributed by atoms with Crippen LogP contribution in [0.25, 0.3) is 5.57 Å². The summed E-state index contributed by atoms with van der Waals surface area (Å²) in [6.07, 6.45) is 0. The van der Waals surface area contributed by atoms with Gasteiger partial charge in [0, 0.05) is 16.3 Å². The Kier molecular flexibility index (Phi) is 4.42. The predicted molar refractivity (Wildman–Crippen MR) is 104 cm³/mol. The Morgan fingerprint density at radius 2 is 1.52 bits per heavy atom. The zero-order valence-corrected chi connectivity index (χ0v) is 14.9. The monoisotopic (exact) mass is 379 g/mol.